The highest BCUT2D eigenvalue weighted by Crippen LogP contribution is 2.57. The van der Waals surface area contributed by atoms with Gasteiger partial charge in [-0.3, -0.25) is 0 Å². The molecule has 2 aromatic carbocycles. The van der Waals surface area contributed by atoms with Crippen LogP contribution in [0.2, 0.25) is 5.02 Å². The van der Waals surface area contributed by atoms with Crippen LogP contribution in [-0.2, 0) is 8.82 Å². The molecule has 0 spiro atoms. The van der Waals surface area contributed by atoms with Gasteiger partial charge in [0.15, 0.2) is 0 Å². The van der Waals surface area contributed by atoms with E-state index in [2.05, 4.69) is 0 Å². The van der Waals surface area contributed by atoms with Crippen molar-refractivity contribution >= 4 is 41.1 Å². The van der Waals surface area contributed by atoms with Gasteiger partial charge in [0.1, 0.15) is 4.08 Å². The highest BCUT2D eigenvalue weighted by atomic mass is 35.5. The van der Waals surface area contributed by atoms with Crippen molar-refractivity contribution in [1.82, 2.24) is 0 Å². The van der Waals surface area contributed by atoms with E-state index in [1.54, 1.807) is 29.6 Å². The Morgan fingerprint density at radius 1 is 1.05 bits per heavy atom. The van der Waals surface area contributed by atoms with Crippen molar-refractivity contribution in [2.45, 2.75) is 4.08 Å². The van der Waals surface area contributed by atoms with Crippen LogP contribution in [0.1, 0.15) is 21.5 Å². The van der Waals surface area contributed by atoms with Crippen LogP contribution in [0.4, 0.5) is 0 Å². The molecule has 112 valence electrons. The van der Waals surface area contributed by atoms with E-state index in [0.717, 1.165) is 11.1 Å². The molecule has 0 bridgehead atoms. The van der Waals surface area contributed by atoms with E-state index < -0.39 is 4.08 Å². The summed E-state index contributed by atoms with van der Waals surface area (Å²) in [5.74, 6) is -0.322. The number of thioether (sulfide) groups is 2. The monoisotopic (exact) mass is 348 g/mol. The first-order valence-electron chi connectivity index (χ1n) is 6.62. The minimum Gasteiger partial charge on any atom is -0.465 e. The SMILES string of the molecule is COC(=O)c1ccccc1C1(c2ccc(Cl)cc2)SC=CS1. The third-order valence-corrected chi connectivity index (χ3v) is 6.56. The number of halogens is 1. The summed E-state index contributed by atoms with van der Waals surface area (Å²) >= 11 is 9.36. The standard InChI is InChI=1S/C17H13ClO2S2/c1-20-16(19)14-4-2-3-5-15(14)17(21-10-11-22-17)12-6-8-13(18)9-7-12/h2-11H,1H3. The molecule has 1 aliphatic heterocycles. The van der Waals surface area contributed by atoms with Crippen LogP contribution in [0, 0.1) is 0 Å². The number of benzene rings is 2. The van der Waals surface area contributed by atoms with Gasteiger partial charge in [0.2, 0.25) is 0 Å². The molecular weight excluding hydrogens is 336 g/mol. The lowest BCUT2D eigenvalue weighted by atomic mass is 9.98. The zero-order chi connectivity index (χ0) is 15.6. The summed E-state index contributed by atoms with van der Waals surface area (Å²) < 4.78 is 4.54. The maximum absolute atomic E-state index is 12.1. The van der Waals surface area contributed by atoms with Gasteiger partial charge in [-0.25, -0.2) is 4.79 Å². The average Bonchev–Trinajstić information content (AvgIpc) is 3.05. The fraction of sp³-hybridized carbons (Fsp3) is 0.118. The van der Waals surface area contributed by atoms with Crippen molar-refractivity contribution in [2.24, 2.45) is 0 Å². The van der Waals surface area contributed by atoms with Gasteiger partial charge in [-0.05, 0) is 40.1 Å². The Hall–Kier alpha value is -1.36. The van der Waals surface area contributed by atoms with E-state index in [9.17, 15) is 4.79 Å². The number of ether oxygens (including phenoxy) is 1. The molecule has 1 aliphatic rings. The molecule has 5 heteroatoms. The predicted molar refractivity (Wildman–Crippen MR) is 94.3 cm³/mol. The first kappa shape index (κ1) is 15.5. The molecule has 0 aromatic heterocycles. The summed E-state index contributed by atoms with van der Waals surface area (Å²) in [7, 11) is 1.40. The summed E-state index contributed by atoms with van der Waals surface area (Å²) in [5, 5.41) is 4.79. The van der Waals surface area contributed by atoms with E-state index in [-0.39, 0.29) is 5.97 Å². The topological polar surface area (TPSA) is 26.3 Å². The summed E-state index contributed by atoms with van der Waals surface area (Å²) in [6, 6.07) is 15.3. The molecule has 22 heavy (non-hydrogen) atoms. The third-order valence-electron chi connectivity index (χ3n) is 3.43. The fourth-order valence-corrected chi connectivity index (χ4v) is 5.08. The highest BCUT2D eigenvalue weighted by molar-refractivity contribution is 8.23. The second-order valence-corrected chi connectivity index (χ2v) is 7.60. The molecule has 2 nitrogen and oxygen atoms in total. The molecule has 0 amide bonds. The van der Waals surface area contributed by atoms with Crippen LogP contribution in [0.25, 0.3) is 0 Å². The van der Waals surface area contributed by atoms with E-state index in [1.165, 1.54) is 7.11 Å². The minimum absolute atomic E-state index is 0.322. The molecule has 0 aliphatic carbocycles. The number of methoxy groups -OCH3 is 1. The molecule has 0 N–H and O–H groups in total. The summed E-state index contributed by atoms with van der Waals surface area (Å²) in [6.45, 7) is 0. The van der Waals surface area contributed by atoms with Crippen LogP contribution in [0.15, 0.2) is 59.3 Å². The van der Waals surface area contributed by atoms with Crippen molar-refractivity contribution in [2.75, 3.05) is 7.11 Å². The van der Waals surface area contributed by atoms with Crippen molar-refractivity contribution in [1.29, 1.82) is 0 Å². The van der Waals surface area contributed by atoms with Crippen molar-refractivity contribution < 1.29 is 9.53 Å². The minimum atomic E-state index is -0.393. The Labute approximate surface area is 142 Å². The van der Waals surface area contributed by atoms with Gasteiger partial charge >= 0.3 is 5.97 Å². The Bertz CT molecular complexity index is 718. The fourth-order valence-electron chi connectivity index (χ4n) is 2.42. The molecule has 0 atom stereocenters. The Balaban J connectivity index is 2.17. The van der Waals surface area contributed by atoms with Crippen LogP contribution in [0.5, 0.6) is 0 Å². The molecule has 0 saturated heterocycles. The molecule has 0 fully saturated rings. The van der Waals surface area contributed by atoms with Crippen LogP contribution >= 0.6 is 35.1 Å². The Kier molecular flexibility index (Phi) is 4.52. The molecule has 0 saturated carbocycles. The normalized spacial score (nSPS) is 15.7. The second kappa shape index (κ2) is 6.41. The zero-order valence-electron chi connectivity index (χ0n) is 11.8. The maximum atomic E-state index is 12.1. The largest absolute Gasteiger partial charge is 0.465 e. The molecule has 0 unspecified atom stereocenters. The lowest BCUT2D eigenvalue weighted by Crippen LogP contribution is -2.21. The molecule has 0 radical (unpaired) electrons. The Morgan fingerprint density at radius 2 is 1.68 bits per heavy atom. The van der Waals surface area contributed by atoms with Crippen molar-refractivity contribution in [3.05, 3.63) is 81.1 Å². The van der Waals surface area contributed by atoms with Gasteiger partial charge in [-0.2, -0.15) is 0 Å². The Morgan fingerprint density at radius 3 is 2.32 bits per heavy atom. The number of carbonyl (C=O) groups is 1. The van der Waals surface area contributed by atoms with Crippen molar-refractivity contribution in [3.8, 4) is 0 Å². The number of carbonyl (C=O) groups excluding carboxylic acids is 1. The molecule has 1 heterocycles. The van der Waals surface area contributed by atoms with Crippen LogP contribution in [0.3, 0.4) is 0 Å². The van der Waals surface area contributed by atoms with Gasteiger partial charge < -0.3 is 4.74 Å². The molecule has 2 aromatic rings. The maximum Gasteiger partial charge on any atom is 0.338 e. The van der Waals surface area contributed by atoms with Gasteiger partial charge in [0, 0.05) is 5.02 Å². The smallest absolute Gasteiger partial charge is 0.338 e. The number of hydrogen-bond acceptors (Lipinski definition) is 4. The second-order valence-electron chi connectivity index (χ2n) is 4.67. The van der Waals surface area contributed by atoms with E-state index in [0.29, 0.717) is 10.6 Å². The summed E-state index contributed by atoms with van der Waals surface area (Å²) in [4.78, 5) is 12.1. The molecular formula is C17H13ClO2S2. The van der Waals surface area contributed by atoms with Gasteiger partial charge in [0.25, 0.3) is 0 Å². The van der Waals surface area contributed by atoms with Crippen LogP contribution in [-0.4, -0.2) is 13.1 Å². The van der Waals surface area contributed by atoms with E-state index in [1.807, 2.05) is 53.3 Å². The first-order chi connectivity index (χ1) is 10.7. The van der Waals surface area contributed by atoms with E-state index >= 15 is 0 Å². The van der Waals surface area contributed by atoms with Gasteiger partial charge in [-0.1, -0.05) is 41.9 Å². The average molecular weight is 349 g/mol. The van der Waals surface area contributed by atoms with E-state index in [4.69, 9.17) is 16.3 Å². The zero-order valence-corrected chi connectivity index (χ0v) is 14.2. The lowest BCUT2D eigenvalue weighted by molar-refractivity contribution is 0.0599. The van der Waals surface area contributed by atoms with Gasteiger partial charge in [0.05, 0.1) is 12.7 Å². The van der Waals surface area contributed by atoms with Gasteiger partial charge in [-0.15, -0.1) is 23.5 Å². The highest BCUT2D eigenvalue weighted by Gasteiger charge is 2.40. The first-order valence-corrected chi connectivity index (χ1v) is 8.75. The lowest BCUT2D eigenvalue weighted by Gasteiger charge is -2.30. The number of hydrogen-bond donors (Lipinski definition) is 0. The number of esters is 1. The predicted octanol–water partition coefficient (Wildman–Crippen LogP) is 5.28. The summed E-state index contributed by atoms with van der Waals surface area (Å²) in [6.07, 6.45) is 0. The van der Waals surface area contributed by atoms with Crippen molar-refractivity contribution in [3.63, 3.8) is 0 Å². The molecule has 3 rings (SSSR count). The summed E-state index contributed by atoms with van der Waals surface area (Å²) in [5.41, 5.74) is 2.61. The number of rotatable bonds is 3. The quantitative estimate of drug-likeness (QED) is 0.705. The third kappa shape index (κ3) is 2.67. The van der Waals surface area contributed by atoms with Crippen LogP contribution < -0.4 is 0 Å².